The minimum absolute atomic E-state index is 0. The fourth-order valence-corrected chi connectivity index (χ4v) is 2.50. The molecular weight excluding hydrogens is 328 g/mol. The van der Waals surface area contributed by atoms with Crippen LogP contribution in [-0.4, -0.2) is 42.3 Å². The number of nitrogens with zero attached hydrogens (tertiary/aromatic N) is 2. The predicted molar refractivity (Wildman–Crippen MR) is 99.8 cm³/mol. The first-order valence-electron chi connectivity index (χ1n) is 8.15. The van der Waals surface area contributed by atoms with Crippen LogP contribution in [0.15, 0.2) is 24.3 Å². The molecule has 134 valence electrons. The van der Waals surface area contributed by atoms with Crippen LogP contribution in [0.3, 0.4) is 0 Å². The van der Waals surface area contributed by atoms with Crippen LogP contribution in [0.25, 0.3) is 11.0 Å². The number of para-hydroxylation sites is 2. The number of hydrogen-bond acceptors (Lipinski definition) is 4. The molecule has 1 aromatic heterocycles. The van der Waals surface area contributed by atoms with E-state index in [1.165, 1.54) is 0 Å². The van der Waals surface area contributed by atoms with E-state index in [0.717, 1.165) is 30.6 Å². The van der Waals surface area contributed by atoms with Crippen molar-refractivity contribution in [1.82, 2.24) is 14.9 Å². The molecule has 2 aromatic rings. The molecule has 1 aromatic carbocycles. The van der Waals surface area contributed by atoms with E-state index in [2.05, 4.69) is 20.2 Å². The Morgan fingerprint density at radius 1 is 1.38 bits per heavy atom. The van der Waals surface area contributed by atoms with Crippen molar-refractivity contribution in [2.45, 2.75) is 26.8 Å². The Hall–Kier alpha value is -1.63. The summed E-state index contributed by atoms with van der Waals surface area (Å²) in [6, 6.07) is 7.92. The van der Waals surface area contributed by atoms with E-state index in [1.807, 2.05) is 45.2 Å². The molecule has 24 heavy (non-hydrogen) atoms. The second-order valence-electron chi connectivity index (χ2n) is 5.57. The summed E-state index contributed by atoms with van der Waals surface area (Å²) >= 11 is 0. The first-order valence-corrected chi connectivity index (χ1v) is 8.15. The first-order chi connectivity index (χ1) is 11.2. The molecule has 1 heterocycles. The van der Waals surface area contributed by atoms with Gasteiger partial charge in [0.25, 0.3) is 0 Å². The fourth-order valence-electron chi connectivity index (χ4n) is 2.50. The zero-order valence-electron chi connectivity index (χ0n) is 14.5. The van der Waals surface area contributed by atoms with Crippen molar-refractivity contribution in [3.63, 3.8) is 0 Å². The Labute approximate surface area is 149 Å². The predicted octanol–water partition coefficient (Wildman–Crippen LogP) is 2.68. The van der Waals surface area contributed by atoms with Crippen molar-refractivity contribution in [1.29, 1.82) is 0 Å². The second kappa shape index (κ2) is 10.3. The van der Waals surface area contributed by atoms with E-state index < -0.39 is 0 Å². The van der Waals surface area contributed by atoms with Crippen LogP contribution < -0.4 is 10.6 Å². The molecule has 0 saturated carbocycles. The average molecular weight is 355 g/mol. The van der Waals surface area contributed by atoms with Crippen molar-refractivity contribution in [2.24, 2.45) is 5.92 Å². The highest BCUT2D eigenvalue weighted by atomic mass is 35.5. The van der Waals surface area contributed by atoms with Crippen LogP contribution >= 0.6 is 12.4 Å². The van der Waals surface area contributed by atoms with Crippen molar-refractivity contribution in [3.8, 4) is 0 Å². The summed E-state index contributed by atoms with van der Waals surface area (Å²) in [5.41, 5.74) is 1.92. The largest absolute Gasteiger partial charge is 0.382 e. The number of amides is 1. The lowest BCUT2D eigenvalue weighted by molar-refractivity contribution is -0.119. The Balaban J connectivity index is 0.00000288. The number of carbonyl (C=O) groups excluding carboxylic acids is 1. The Kier molecular flexibility index (Phi) is 8.74. The Morgan fingerprint density at radius 2 is 2.12 bits per heavy atom. The van der Waals surface area contributed by atoms with Crippen molar-refractivity contribution in [3.05, 3.63) is 24.3 Å². The van der Waals surface area contributed by atoms with Crippen molar-refractivity contribution >= 4 is 35.3 Å². The number of carbonyl (C=O) groups is 1. The van der Waals surface area contributed by atoms with Gasteiger partial charge in [-0.15, -0.1) is 12.4 Å². The number of benzene rings is 1. The molecule has 1 atom stereocenters. The smallest absolute Gasteiger partial charge is 0.230 e. The van der Waals surface area contributed by atoms with Gasteiger partial charge in [-0.2, -0.15) is 0 Å². The molecule has 0 aliphatic carbocycles. The monoisotopic (exact) mass is 354 g/mol. The molecule has 2 rings (SSSR count). The number of aromatic nitrogens is 2. The van der Waals surface area contributed by atoms with Gasteiger partial charge >= 0.3 is 0 Å². The molecule has 0 aliphatic rings. The van der Waals surface area contributed by atoms with Crippen LogP contribution in [0.5, 0.6) is 0 Å². The molecule has 0 saturated heterocycles. The van der Waals surface area contributed by atoms with Crippen LogP contribution in [-0.2, 0) is 16.1 Å². The Bertz CT molecular complexity index is 645. The number of anilines is 1. The minimum atomic E-state index is -0.114. The standard InChI is InChI=1S/C17H26N4O2.ClH/c1-4-23-11-7-10-21-15-9-6-5-8-14(15)19-17(21)20-16(22)13(2)12-18-3;/h5-6,8-9,13,18H,4,7,10-12H2,1-3H3,(H,19,20,22);1H. The molecule has 1 amide bonds. The molecule has 2 N–H and O–H groups in total. The lowest BCUT2D eigenvalue weighted by Gasteiger charge is -2.13. The number of nitrogens with one attached hydrogen (secondary N) is 2. The second-order valence-corrected chi connectivity index (χ2v) is 5.57. The number of rotatable bonds is 9. The van der Waals surface area contributed by atoms with Crippen LogP contribution in [0.2, 0.25) is 0 Å². The van der Waals surface area contributed by atoms with Crippen LogP contribution in [0.1, 0.15) is 20.3 Å². The van der Waals surface area contributed by atoms with Gasteiger partial charge in [0.1, 0.15) is 0 Å². The molecule has 0 fully saturated rings. The summed E-state index contributed by atoms with van der Waals surface area (Å²) in [5.74, 6) is 0.466. The molecule has 0 spiro atoms. The van der Waals surface area contributed by atoms with E-state index in [4.69, 9.17) is 4.74 Å². The number of imidazole rings is 1. The number of ether oxygens (including phenoxy) is 1. The summed E-state index contributed by atoms with van der Waals surface area (Å²) in [6.45, 7) is 6.70. The van der Waals surface area contributed by atoms with Crippen LogP contribution in [0, 0.1) is 5.92 Å². The maximum absolute atomic E-state index is 12.3. The van der Waals surface area contributed by atoms with Gasteiger partial charge in [-0.05, 0) is 32.5 Å². The third kappa shape index (κ3) is 5.19. The van der Waals surface area contributed by atoms with E-state index in [-0.39, 0.29) is 24.2 Å². The molecular formula is C17H27ClN4O2. The average Bonchev–Trinajstić information content (AvgIpc) is 2.89. The fraction of sp³-hybridized carbons (Fsp3) is 0.529. The van der Waals surface area contributed by atoms with E-state index in [1.54, 1.807) is 0 Å². The zero-order chi connectivity index (χ0) is 16.7. The van der Waals surface area contributed by atoms with E-state index in [0.29, 0.717) is 19.1 Å². The lowest BCUT2D eigenvalue weighted by Crippen LogP contribution is -2.29. The molecule has 7 heteroatoms. The first kappa shape index (κ1) is 20.4. The number of hydrogen-bond donors (Lipinski definition) is 2. The van der Waals surface area contributed by atoms with Gasteiger partial charge in [0.2, 0.25) is 11.9 Å². The van der Waals surface area contributed by atoms with Crippen molar-refractivity contribution < 1.29 is 9.53 Å². The molecule has 0 aliphatic heterocycles. The maximum Gasteiger partial charge on any atom is 0.230 e. The van der Waals surface area contributed by atoms with Crippen molar-refractivity contribution in [2.75, 3.05) is 32.1 Å². The van der Waals surface area contributed by atoms with Crippen LogP contribution in [0.4, 0.5) is 5.95 Å². The SMILES string of the molecule is CCOCCCn1c(NC(=O)C(C)CNC)nc2ccccc21.Cl. The van der Waals surface area contributed by atoms with Gasteiger partial charge in [0.05, 0.1) is 11.0 Å². The number of halogens is 1. The summed E-state index contributed by atoms with van der Waals surface area (Å²) in [6.07, 6.45) is 0.878. The van der Waals surface area contributed by atoms with Gasteiger partial charge in [-0.1, -0.05) is 19.1 Å². The van der Waals surface area contributed by atoms with Gasteiger partial charge in [-0.3, -0.25) is 10.1 Å². The van der Waals surface area contributed by atoms with Gasteiger partial charge in [0, 0.05) is 32.2 Å². The summed E-state index contributed by atoms with van der Waals surface area (Å²) < 4.78 is 7.46. The minimum Gasteiger partial charge on any atom is -0.382 e. The van der Waals surface area contributed by atoms with Gasteiger partial charge in [-0.25, -0.2) is 4.98 Å². The van der Waals surface area contributed by atoms with E-state index >= 15 is 0 Å². The third-order valence-electron chi connectivity index (χ3n) is 3.72. The highest BCUT2D eigenvalue weighted by Crippen LogP contribution is 2.20. The maximum atomic E-state index is 12.3. The highest BCUT2D eigenvalue weighted by Gasteiger charge is 2.17. The molecule has 0 radical (unpaired) electrons. The molecule has 6 nitrogen and oxygen atoms in total. The lowest BCUT2D eigenvalue weighted by atomic mass is 10.1. The third-order valence-corrected chi connectivity index (χ3v) is 3.72. The molecule has 1 unspecified atom stereocenters. The zero-order valence-corrected chi connectivity index (χ0v) is 15.4. The number of aryl methyl sites for hydroxylation is 1. The highest BCUT2D eigenvalue weighted by molar-refractivity contribution is 5.93. The van der Waals surface area contributed by atoms with E-state index in [9.17, 15) is 4.79 Å². The normalized spacial score (nSPS) is 12.0. The summed E-state index contributed by atoms with van der Waals surface area (Å²) in [5, 5.41) is 5.98. The quantitative estimate of drug-likeness (QED) is 0.679. The van der Waals surface area contributed by atoms with Gasteiger partial charge in [0.15, 0.2) is 0 Å². The molecule has 0 bridgehead atoms. The summed E-state index contributed by atoms with van der Waals surface area (Å²) in [7, 11) is 1.84. The summed E-state index contributed by atoms with van der Waals surface area (Å²) in [4.78, 5) is 16.8. The number of fused-ring (bicyclic) bond motifs is 1. The topological polar surface area (TPSA) is 68.2 Å². The Morgan fingerprint density at radius 3 is 2.83 bits per heavy atom. The van der Waals surface area contributed by atoms with Gasteiger partial charge < -0.3 is 14.6 Å².